The van der Waals surface area contributed by atoms with Crippen molar-refractivity contribution in [3.8, 4) is 11.1 Å². The van der Waals surface area contributed by atoms with E-state index < -0.39 is 40.3 Å². The van der Waals surface area contributed by atoms with Crippen LogP contribution in [0.5, 0.6) is 0 Å². The predicted octanol–water partition coefficient (Wildman–Crippen LogP) is 6.74. The Labute approximate surface area is 144 Å². The Hall–Kier alpha value is -1.55. The van der Waals surface area contributed by atoms with Crippen LogP contribution >= 0.6 is 9.24 Å². The van der Waals surface area contributed by atoms with Gasteiger partial charge in [-0.3, -0.25) is 0 Å². The van der Waals surface area contributed by atoms with Crippen molar-refractivity contribution in [2.45, 2.75) is 38.3 Å². The van der Waals surface area contributed by atoms with Gasteiger partial charge in [0.15, 0.2) is 23.3 Å². The number of benzene rings is 2. The van der Waals surface area contributed by atoms with Crippen LogP contribution < -0.4 is 0 Å². The lowest BCUT2D eigenvalue weighted by atomic mass is 9.97. The van der Waals surface area contributed by atoms with Crippen molar-refractivity contribution in [3.05, 3.63) is 58.7 Å². The fourth-order valence-electron chi connectivity index (χ4n) is 2.65. The third-order valence-electron chi connectivity index (χ3n) is 3.93. The molecule has 2 aromatic rings. The van der Waals surface area contributed by atoms with Crippen molar-refractivity contribution in [1.29, 1.82) is 0 Å². The van der Waals surface area contributed by atoms with Crippen molar-refractivity contribution < 1.29 is 26.3 Å². The van der Waals surface area contributed by atoms with Gasteiger partial charge in [-0.1, -0.05) is 37.6 Å². The number of halogens is 6. The lowest BCUT2D eigenvalue weighted by Crippen LogP contribution is -2.17. The van der Waals surface area contributed by atoms with E-state index in [9.17, 15) is 26.3 Å². The zero-order valence-electron chi connectivity index (χ0n) is 13.6. The highest BCUT2D eigenvalue weighted by Gasteiger charge is 2.38. The Bertz CT molecular complexity index is 736. The van der Waals surface area contributed by atoms with Crippen molar-refractivity contribution >= 4 is 9.24 Å². The molecule has 2 aromatic carbocycles. The normalized spacial score (nSPS) is 13.2. The molecule has 136 valence electrons. The molecule has 0 radical (unpaired) electrons. The third kappa shape index (κ3) is 3.84. The van der Waals surface area contributed by atoms with Crippen molar-refractivity contribution in [2.24, 2.45) is 0 Å². The third-order valence-corrected chi connectivity index (χ3v) is 4.65. The summed E-state index contributed by atoms with van der Waals surface area (Å²) in [6, 6.07) is 5.79. The molecule has 0 bridgehead atoms. The smallest absolute Gasteiger partial charge is 0.203 e. The molecule has 25 heavy (non-hydrogen) atoms. The zero-order chi connectivity index (χ0) is 18.9. The van der Waals surface area contributed by atoms with E-state index in [1.54, 1.807) is 12.1 Å². The molecule has 0 fully saturated rings. The minimum Gasteiger partial charge on any atom is -0.203 e. The van der Waals surface area contributed by atoms with E-state index in [1.807, 2.05) is 6.92 Å². The molecule has 0 aliphatic carbocycles. The fraction of sp³-hybridized carbons (Fsp3) is 0.333. The molecule has 0 saturated carbocycles. The predicted molar refractivity (Wildman–Crippen MR) is 88.6 cm³/mol. The number of alkyl halides is 2. The Morgan fingerprint density at radius 3 is 1.80 bits per heavy atom. The molecule has 2 atom stereocenters. The largest absolute Gasteiger partial charge is 0.276 e. The molecule has 0 aromatic heterocycles. The molecular formula is C18H17F6P. The first-order chi connectivity index (χ1) is 11.6. The van der Waals surface area contributed by atoms with E-state index in [0.717, 1.165) is 18.4 Å². The van der Waals surface area contributed by atoms with Crippen LogP contribution in [0.3, 0.4) is 0 Å². The molecule has 0 amide bonds. The van der Waals surface area contributed by atoms with Crippen LogP contribution in [0.2, 0.25) is 0 Å². The highest BCUT2D eigenvalue weighted by Crippen LogP contribution is 2.39. The number of hydrogen-bond donors (Lipinski definition) is 0. The van der Waals surface area contributed by atoms with Gasteiger partial charge in [0.2, 0.25) is 0 Å². The zero-order valence-corrected chi connectivity index (χ0v) is 14.8. The minimum absolute atomic E-state index is 0.128. The van der Waals surface area contributed by atoms with Gasteiger partial charge in [0.05, 0.1) is 11.1 Å². The molecule has 0 aliphatic heterocycles. The maximum Gasteiger partial charge on any atom is 0.276 e. The van der Waals surface area contributed by atoms with Gasteiger partial charge in [0.25, 0.3) is 5.92 Å². The lowest BCUT2D eigenvalue weighted by molar-refractivity contribution is 0.00835. The monoisotopic (exact) mass is 378 g/mol. The molecule has 0 aliphatic rings. The maximum atomic E-state index is 14.2. The standard InChI is InChI=1S/C18H17F6P/c1-3-4-11(25)9-5-7-10(8-6-9)12-14(19)16(21)13(18(2,23)24)17(22)15(12)20/h5-8,11H,3-4,25H2,1-2H3. The van der Waals surface area contributed by atoms with E-state index in [0.29, 0.717) is 0 Å². The van der Waals surface area contributed by atoms with Crippen LogP contribution in [-0.4, -0.2) is 0 Å². The molecule has 0 N–H and O–H groups in total. The second-order valence-corrected chi connectivity index (χ2v) is 6.72. The van der Waals surface area contributed by atoms with Gasteiger partial charge in [-0.05, 0) is 23.2 Å². The first kappa shape index (κ1) is 19.8. The van der Waals surface area contributed by atoms with E-state index in [-0.39, 0.29) is 18.1 Å². The van der Waals surface area contributed by atoms with Crippen molar-refractivity contribution in [1.82, 2.24) is 0 Å². The summed E-state index contributed by atoms with van der Waals surface area (Å²) in [6.45, 7) is 2.18. The summed E-state index contributed by atoms with van der Waals surface area (Å²) in [6.07, 6.45) is 1.80. The van der Waals surface area contributed by atoms with Crippen LogP contribution in [0.15, 0.2) is 24.3 Å². The average molecular weight is 378 g/mol. The summed E-state index contributed by atoms with van der Waals surface area (Å²) in [5.41, 5.74) is -2.03. The van der Waals surface area contributed by atoms with Gasteiger partial charge in [-0.2, -0.15) is 0 Å². The average Bonchev–Trinajstić information content (AvgIpc) is 2.53. The lowest BCUT2D eigenvalue weighted by Gasteiger charge is -2.17. The van der Waals surface area contributed by atoms with E-state index in [2.05, 4.69) is 9.24 Å². The van der Waals surface area contributed by atoms with Crippen LogP contribution in [0, 0.1) is 23.3 Å². The van der Waals surface area contributed by atoms with Crippen LogP contribution in [-0.2, 0) is 5.92 Å². The Morgan fingerprint density at radius 2 is 1.40 bits per heavy atom. The van der Waals surface area contributed by atoms with Crippen LogP contribution in [0.1, 0.15) is 43.5 Å². The van der Waals surface area contributed by atoms with Gasteiger partial charge in [-0.25, -0.2) is 26.3 Å². The van der Waals surface area contributed by atoms with Gasteiger partial charge in [-0.15, -0.1) is 9.24 Å². The van der Waals surface area contributed by atoms with Gasteiger partial charge in [0.1, 0.15) is 0 Å². The maximum absolute atomic E-state index is 14.2. The van der Waals surface area contributed by atoms with E-state index >= 15 is 0 Å². The van der Waals surface area contributed by atoms with Crippen molar-refractivity contribution in [2.75, 3.05) is 0 Å². The van der Waals surface area contributed by atoms with E-state index in [1.165, 1.54) is 12.1 Å². The minimum atomic E-state index is -4.05. The highest BCUT2D eigenvalue weighted by atomic mass is 31.0. The summed E-state index contributed by atoms with van der Waals surface area (Å²) in [4.78, 5) is 0. The Balaban J connectivity index is 2.57. The van der Waals surface area contributed by atoms with Gasteiger partial charge < -0.3 is 0 Å². The second kappa shape index (κ2) is 7.36. The fourth-order valence-corrected chi connectivity index (χ4v) is 3.20. The van der Waals surface area contributed by atoms with Crippen LogP contribution in [0.25, 0.3) is 11.1 Å². The summed E-state index contributed by atoms with van der Waals surface area (Å²) in [7, 11) is 2.64. The first-order valence-electron chi connectivity index (χ1n) is 7.69. The van der Waals surface area contributed by atoms with Crippen LogP contribution in [0.4, 0.5) is 26.3 Å². The molecule has 0 nitrogen and oxygen atoms in total. The molecule has 7 heteroatoms. The van der Waals surface area contributed by atoms with Crippen molar-refractivity contribution in [3.63, 3.8) is 0 Å². The summed E-state index contributed by atoms with van der Waals surface area (Å²) in [5.74, 6) is -11.9. The van der Waals surface area contributed by atoms with Gasteiger partial charge in [0, 0.05) is 6.92 Å². The Kier molecular flexibility index (Phi) is 5.82. The molecule has 0 heterocycles. The molecular weight excluding hydrogens is 361 g/mol. The quantitative estimate of drug-likeness (QED) is 0.307. The highest BCUT2D eigenvalue weighted by molar-refractivity contribution is 7.17. The summed E-state index contributed by atoms with van der Waals surface area (Å²) in [5, 5.41) is 0. The number of hydrogen-bond acceptors (Lipinski definition) is 0. The molecule has 0 spiro atoms. The molecule has 2 rings (SSSR count). The Morgan fingerprint density at radius 1 is 0.920 bits per heavy atom. The summed E-state index contributed by atoms with van der Waals surface area (Å²) >= 11 is 0. The number of rotatable bonds is 5. The molecule has 0 saturated heterocycles. The molecule has 2 unspecified atom stereocenters. The SMILES string of the molecule is CCCC(P)c1ccc(-c2c(F)c(F)c(C(C)(F)F)c(F)c2F)cc1. The van der Waals surface area contributed by atoms with E-state index in [4.69, 9.17) is 0 Å². The topological polar surface area (TPSA) is 0 Å². The summed E-state index contributed by atoms with van der Waals surface area (Å²) < 4.78 is 82.8. The van der Waals surface area contributed by atoms with Gasteiger partial charge >= 0.3 is 0 Å². The second-order valence-electron chi connectivity index (χ2n) is 5.91. The first-order valence-corrected chi connectivity index (χ1v) is 8.36.